The minimum absolute atomic E-state index is 0.116. The number of benzene rings is 3. The van der Waals surface area contributed by atoms with E-state index in [9.17, 15) is 22.4 Å². The van der Waals surface area contributed by atoms with Gasteiger partial charge in [0.05, 0.1) is 4.90 Å². The number of halogens is 1. The zero-order chi connectivity index (χ0) is 27.5. The Kier molecular flexibility index (Phi) is 10.6. The number of sulfonamides is 1. The van der Waals surface area contributed by atoms with Gasteiger partial charge in [-0.05, 0) is 54.3 Å². The average molecular weight is 540 g/mol. The Labute approximate surface area is 224 Å². The SMILES string of the molecule is CCNC(=O)C(Cc1ccccc1)N(Cc1ccc(F)cc1)C(=O)CCc1ccc(S(=O)(=O)NCC)cc1. The van der Waals surface area contributed by atoms with Gasteiger partial charge in [0, 0.05) is 32.5 Å². The lowest BCUT2D eigenvalue weighted by Gasteiger charge is -2.31. The first-order valence-electron chi connectivity index (χ1n) is 12.7. The summed E-state index contributed by atoms with van der Waals surface area (Å²) in [6.07, 6.45) is 0.815. The molecule has 3 aromatic rings. The second kappa shape index (κ2) is 13.8. The topological polar surface area (TPSA) is 95.6 Å². The monoisotopic (exact) mass is 539 g/mol. The quantitative estimate of drug-likeness (QED) is 0.345. The van der Waals surface area contributed by atoms with Crippen LogP contribution in [0.5, 0.6) is 0 Å². The maximum absolute atomic E-state index is 13.6. The van der Waals surface area contributed by atoms with Gasteiger partial charge in [-0.25, -0.2) is 17.5 Å². The summed E-state index contributed by atoms with van der Waals surface area (Å²) >= 11 is 0. The molecule has 202 valence electrons. The lowest BCUT2D eigenvalue weighted by Crippen LogP contribution is -2.50. The fraction of sp³-hybridized carbons (Fsp3) is 0.310. The first-order chi connectivity index (χ1) is 18.2. The van der Waals surface area contributed by atoms with Crippen molar-refractivity contribution < 1.29 is 22.4 Å². The molecule has 7 nitrogen and oxygen atoms in total. The van der Waals surface area contributed by atoms with Crippen LogP contribution in [0.25, 0.3) is 0 Å². The van der Waals surface area contributed by atoms with E-state index in [2.05, 4.69) is 10.0 Å². The second-order valence-electron chi connectivity index (χ2n) is 8.89. The normalized spacial score (nSPS) is 12.1. The van der Waals surface area contributed by atoms with Gasteiger partial charge < -0.3 is 10.2 Å². The van der Waals surface area contributed by atoms with Crippen LogP contribution in [0.3, 0.4) is 0 Å². The zero-order valence-electron chi connectivity index (χ0n) is 21.7. The predicted octanol–water partition coefficient (Wildman–Crippen LogP) is 3.83. The smallest absolute Gasteiger partial charge is 0.243 e. The van der Waals surface area contributed by atoms with Crippen molar-refractivity contribution in [1.29, 1.82) is 0 Å². The van der Waals surface area contributed by atoms with Gasteiger partial charge in [-0.15, -0.1) is 0 Å². The molecule has 0 aromatic heterocycles. The molecule has 0 saturated heterocycles. The second-order valence-corrected chi connectivity index (χ2v) is 10.7. The van der Waals surface area contributed by atoms with Crippen molar-refractivity contribution in [1.82, 2.24) is 14.9 Å². The van der Waals surface area contributed by atoms with E-state index in [1.54, 1.807) is 36.1 Å². The van der Waals surface area contributed by atoms with Crippen molar-refractivity contribution in [2.24, 2.45) is 0 Å². The average Bonchev–Trinajstić information content (AvgIpc) is 2.91. The Balaban J connectivity index is 1.84. The number of hydrogen-bond donors (Lipinski definition) is 2. The van der Waals surface area contributed by atoms with Crippen molar-refractivity contribution in [3.8, 4) is 0 Å². The molecule has 0 aliphatic heterocycles. The van der Waals surface area contributed by atoms with Crippen LogP contribution in [0, 0.1) is 5.82 Å². The van der Waals surface area contributed by atoms with Gasteiger partial charge in [-0.1, -0.05) is 61.5 Å². The molecular weight excluding hydrogens is 505 g/mol. The van der Waals surface area contributed by atoms with Crippen molar-refractivity contribution >= 4 is 21.8 Å². The Bertz CT molecular complexity index is 1300. The fourth-order valence-electron chi connectivity index (χ4n) is 4.14. The molecule has 0 fully saturated rings. The summed E-state index contributed by atoms with van der Waals surface area (Å²) in [5, 5.41) is 2.84. The Morgan fingerprint density at radius 1 is 0.842 bits per heavy atom. The first-order valence-corrected chi connectivity index (χ1v) is 14.2. The minimum atomic E-state index is -3.56. The van der Waals surface area contributed by atoms with E-state index in [0.29, 0.717) is 24.9 Å². The van der Waals surface area contributed by atoms with Gasteiger partial charge in [-0.3, -0.25) is 9.59 Å². The van der Waals surface area contributed by atoms with E-state index < -0.39 is 16.1 Å². The highest BCUT2D eigenvalue weighted by Gasteiger charge is 2.30. The summed E-state index contributed by atoms with van der Waals surface area (Å²) in [5.74, 6) is -0.869. The van der Waals surface area contributed by atoms with E-state index in [-0.39, 0.29) is 42.0 Å². The van der Waals surface area contributed by atoms with Crippen molar-refractivity contribution in [2.45, 2.75) is 50.6 Å². The highest BCUT2D eigenvalue weighted by molar-refractivity contribution is 7.89. The molecule has 0 radical (unpaired) electrons. The minimum Gasteiger partial charge on any atom is -0.355 e. The maximum atomic E-state index is 13.6. The lowest BCUT2D eigenvalue weighted by molar-refractivity contribution is -0.141. The Hall–Kier alpha value is -3.56. The number of likely N-dealkylation sites (N-methyl/N-ethyl adjacent to an activating group) is 1. The van der Waals surface area contributed by atoms with Crippen molar-refractivity contribution in [2.75, 3.05) is 13.1 Å². The van der Waals surface area contributed by atoms with Crippen LogP contribution in [-0.4, -0.2) is 44.3 Å². The van der Waals surface area contributed by atoms with Gasteiger partial charge in [-0.2, -0.15) is 0 Å². The van der Waals surface area contributed by atoms with Gasteiger partial charge in [0.15, 0.2) is 0 Å². The molecule has 1 unspecified atom stereocenters. The van der Waals surface area contributed by atoms with Crippen LogP contribution in [0.15, 0.2) is 83.8 Å². The van der Waals surface area contributed by atoms with Crippen LogP contribution in [0.1, 0.15) is 37.0 Å². The summed E-state index contributed by atoms with van der Waals surface area (Å²) in [5.41, 5.74) is 2.42. The van der Waals surface area contributed by atoms with E-state index in [4.69, 9.17) is 0 Å². The molecule has 0 aliphatic rings. The highest BCUT2D eigenvalue weighted by Crippen LogP contribution is 2.18. The number of aryl methyl sites for hydroxylation is 1. The molecule has 1 atom stereocenters. The van der Waals surface area contributed by atoms with Crippen LogP contribution in [-0.2, 0) is 39.0 Å². The number of carbonyl (C=O) groups excluding carboxylic acids is 2. The molecule has 2 amide bonds. The largest absolute Gasteiger partial charge is 0.355 e. The number of nitrogens with one attached hydrogen (secondary N) is 2. The summed E-state index contributed by atoms with van der Waals surface area (Å²) in [6.45, 7) is 4.39. The molecule has 3 aromatic carbocycles. The van der Waals surface area contributed by atoms with E-state index in [0.717, 1.165) is 11.1 Å². The summed E-state index contributed by atoms with van der Waals surface area (Å²) < 4.78 is 40.4. The zero-order valence-corrected chi connectivity index (χ0v) is 22.5. The molecule has 0 heterocycles. The van der Waals surface area contributed by atoms with Gasteiger partial charge in [0.25, 0.3) is 0 Å². The fourth-order valence-corrected chi connectivity index (χ4v) is 5.18. The Morgan fingerprint density at radius 2 is 1.47 bits per heavy atom. The van der Waals surface area contributed by atoms with Gasteiger partial charge in [0.1, 0.15) is 11.9 Å². The summed E-state index contributed by atoms with van der Waals surface area (Å²) in [4.78, 5) is 28.5. The third-order valence-corrected chi connectivity index (χ3v) is 7.65. The lowest BCUT2D eigenvalue weighted by atomic mass is 10.0. The van der Waals surface area contributed by atoms with Crippen molar-refractivity contribution in [3.05, 3.63) is 101 Å². The third kappa shape index (κ3) is 8.22. The highest BCUT2D eigenvalue weighted by atomic mass is 32.2. The predicted molar refractivity (Wildman–Crippen MR) is 145 cm³/mol. The Morgan fingerprint density at radius 3 is 2.08 bits per heavy atom. The number of hydrogen-bond acceptors (Lipinski definition) is 4. The molecule has 2 N–H and O–H groups in total. The number of carbonyl (C=O) groups is 2. The molecule has 38 heavy (non-hydrogen) atoms. The molecule has 0 spiro atoms. The van der Waals surface area contributed by atoms with Crippen LogP contribution < -0.4 is 10.0 Å². The molecule has 0 saturated carbocycles. The first kappa shape index (κ1) is 29.0. The van der Waals surface area contributed by atoms with E-state index in [1.807, 2.05) is 37.3 Å². The number of amides is 2. The molecule has 0 aliphatic carbocycles. The summed E-state index contributed by atoms with van der Waals surface area (Å²) in [6, 6.07) is 21.0. The third-order valence-electron chi connectivity index (χ3n) is 6.08. The molecule has 3 rings (SSSR count). The van der Waals surface area contributed by atoms with Crippen LogP contribution in [0.2, 0.25) is 0 Å². The van der Waals surface area contributed by atoms with Crippen LogP contribution in [0.4, 0.5) is 4.39 Å². The van der Waals surface area contributed by atoms with E-state index >= 15 is 0 Å². The molecular formula is C29H34FN3O4S. The van der Waals surface area contributed by atoms with Gasteiger partial charge >= 0.3 is 0 Å². The standard InChI is InChI=1S/C29H34FN3O4S/c1-3-31-29(35)27(20-23-8-6-5-7-9-23)33(21-24-10-15-25(30)16-11-24)28(34)19-14-22-12-17-26(18-13-22)38(36,37)32-4-2/h5-13,15-18,27,32H,3-4,14,19-21H2,1-2H3,(H,31,35). The maximum Gasteiger partial charge on any atom is 0.243 e. The van der Waals surface area contributed by atoms with Crippen LogP contribution >= 0.6 is 0 Å². The number of nitrogens with zero attached hydrogens (tertiary/aromatic N) is 1. The molecule has 9 heteroatoms. The summed E-state index contributed by atoms with van der Waals surface area (Å²) in [7, 11) is -3.56. The van der Waals surface area contributed by atoms with Gasteiger partial charge in [0.2, 0.25) is 21.8 Å². The molecule has 0 bridgehead atoms. The number of rotatable bonds is 13. The van der Waals surface area contributed by atoms with E-state index in [1.165, 1.54) is 24.3 Å². The van der Waals surface area contributed by atoms with Crippen molar-refractivity contribution in [3.63, 3.8) is 0 Å².